The Morgan fingerprint density at radius 2 is 1.82 bits per heavy atom. The Morgan fingerprint density at radius 1 is 1.36 bits per heavy atom. The molecule has 1 heteroatoms. The predicted octanol–water partition coefficient (Wildman–Crippen LogP) is 3.56. The third-order valence-corrected chi connectivity index (χ3v) is 2.33. The summed E-state index contributed by atoms with van der Waals surface area (Å²) in [7, 11) is 0. The van der Waals surface area contributed by atoms with Crippen molar-refractivity contribution in [1.29, 1.82) is 0 Å². The van der Waals surface area contributed by atoms with Crippen LogP contribution in [0.5, 0.6) is 0 Å². The third-order valence-electron chi connectivity index (χ3n) is 2.33. The van der Waals surface area contributed by atoms with E-state index in [1.807, 2.05) is 0 Å². The Labute approximate surface area is 69.2 Å². The zero-order chi connectivity index (χ0) is 8.70. The molecule has 0 radical (unpaired) electrons. The van der Waals surface area contributed by atoms with Crippen LogP contribution in [0.4, 0.5) is 4.39 Å². The van der Waals surface area contributed by atoms with E-state index >= 15 is 0 Å². The Kier molecular flexibility index (Phi) is 2.02. The van der Waals surface area contributed by atoms with E-state index in [1.54, 1.807) is 6.92 Å². The lowest BCUT2D eigenvalue weighted by atomic mass is 9.67. The molecule has 0 N–H and O–H groups in total. The molecule has 0 aromatic heterocycles. The van der Waals surface area contributed by atoms with E-state index in [-0.39, 0.29) is 0 Å². The molecule has 0 saturated heterocycles. The highest BCUT2D eigenvalue weighted by atomic mass is 19.1. The van der Waals surface area contributed by atoms with Gasteiger partial charge in [0, 0.05) is 0 Å². The van der Waals surface area contributed by atoms with Crippen LogP contribution in [0.25, 0.3) is 0 Å². The number of hydrogen-bond donors (Lipinski definition) is 0. The molecule has 1 aliphatic rings. The van der Waals surface area contributed by atoms with Crippen molar-refractivity contribution in [2.75, 3.05) is 0 Å². The van der Waals surface area contributed by atoms with Gasteiger partial charge in [-0.2, -0.15) is 0 Å². The molecular formula is C10H19F. The number of hydrogen-bond acceptors (Lipinski definition) is 0. The van der Waals surface area contributed by atoms with Gasteiger partial charge in [0.1, 0.15) is 5.67 Å². The molecule has 0 amide bonds. The standard InChI is InChI=1S/C10H19F/c1-9(2,3)5-8-6-10(4,11)7-8/h8H,5-7H2,1-4H3. The Bertz CT molecular complexity index is 133. The van der Waals surface area contributed by atoms with Gasteiger partial charge in [-0.15, -0.1) is 0 Å². The quantitative estimate of drug-likeness (QED) is 0.547. The molecule has 1 aliphatic carbocycles. The van der Waals surface area contributed by atoms with Crippen LogP contribution in [0.15, 0.2) is 0 Å². The molecule has 0 bridgehead atoms. The molecule has 1 fully saturated rings. The first-order valence-corrected chi connectivity index (χ1v) is 4.47. The highest BCUT2D eigenvalue weighted by molar-refractivity contribution is 4.92. The molecule has 0 nitrogen and oxygen atoms in total. The normalized spacial score (nSPS) is 38.5. The lowest BCUT2D eigenvalue weighted by molar-refractivity contribution is 0.00631. The topological polar surface area (TPSA) is 0 Å². The molecule has 0 spiro atoms. The van der Waals surface area contributed by atoms with E-state index in [9.17, 15) is 4.39 Å². The van der Waals surface area contributed by atoms with Gasteiger partial charge in [0.2, 0.25) is 0 Å². The molecular weight excluding hydrogens is 139 g/mol. The first-order valence-electron chi connectivity index (χ1n) is 4.47. The van der Waals surface area contributed by atoms with Gasteiger partial charge in [-0.3, -0.25) is 0 Å². The van der Waals surface area contributed by atoms with Crippen LogP contribution in [0.3, 0.4) is 0 Å². The summed E-state index contributed by atoms with van der Waals surface area (Å²) >= 11 is 0. The number of alkyl halides is 1. The lowest BCUT2D eigenvalue weighted by Gasteiger charge is -2.41. The average Bonchev–Trinajstić information content (AvgIpc) is 1.53. The zero-order valence-electron chi connectivity index (χ0n) is 8.08. The van der Waals surface area contributed by atoms with E-state index in [0.29, 0.717) is 11.3 Å². The summed E-state index contributed by atoms with van der Waals surface area (Å²) in [5, 5.41) is 0. The number of rotatable bonds is 1. The zero-order valence-corrected chi connectivity index (χ0v) is 8.08. The fourth-order valence-corrected chi connectivity index (χ4v) is 2.15. The maximum absolute atomic E-state index is 13.0. The van der Waals surface area contributed by atoms with Crippen LogP contribution in [0, 0.1) is 11.3 Å². The Morgan fingerprint density at radius 3 is 2.09 bits per heavy atom. The first kappa shape index (κ1) is 9.02. The van der Waals surface area contributed by atoms with E-state index in [2.05, 4.69) is 20.8 Å². The van der Waals surface area contributed by atoms with E-state index in [1.165, 1.54) is 6.42 Å². The van der Waals surface area contributed by atoms with Crippen molar-refractivity contribution in [2.24, 2.45) is 11.3 Å². The van der Waals surface area contributed by atoms with Crippen molar-refractivity contribution in [2.45, 2.75) is 52.6 Å². The fraction of sp³-hybridized carbons (Fsp3) is 1.00. The van der Waals surface area contributed by atoms with E-state index in [0.717, 1.165) is 12.8 Å². The first-order chi connectivity index (χ1) is 4.79. The van der Waals surface area contributed by atoms with Crippen LogP contribution in [0.2, 0.25) is 0 Å². The van der Waals surface area contributed by atoms with Gasteiger partial charge in [-0.25, -0.2) is 4.39 Å². The number of halogens is 1. The molecule has 0 atom stereocenters. The summed E-state index contributed by atoms with van der Waals surface area (Å²) in [6.45, 7) is 8.38. The molecule has 1 saturated carbocycles. The second-order valence-corrected chi connectivity index (χ2v) is 5.45. The minimum Gasteiger partial charge on any atom is -0.244 e. The Hall–Kier alpha value is -0.0700. The second-order valence-electron chi connectivity index (χ2n) is 5.45. The molecule has 0 heterocycles. The predicted molar refractivity (Wildman–Crippen MR) is 46.3 cm³/mol. The summed E-state index contributed by atoms with van der Waals surface area (Å²) in [5.41, 5.74) is -0.461. The van der Waals surface area contributed by atoms with E-state index in [4.69, 9.17) is 0 Å². The SMILES string of the molecule is CC(C)(C)CC1CC(C)(F)C1. The minimum atomic E-state index is -0.837. The van der Waals surface area contributed by atoms with Crippen LogP contribution < -0.4 is 0 Å². The lowest BCUT2D eigenvalue weighted by Crippen LogP contribution is -2.38. The van der Waals surface area contributed by atoms with Gasteiger partial charge in [0.05, 0.1) is 0 Å². The fourth-order valence-electron chi connectivity index (χ4n) is 2.15. The molecule has 11 heavy (non-hydrogen) atoms. The van der Waals surface area contributed by atoms with Gasteiger partial charge >= 0.3 is 0 Å². The van der Waals surface area contributed by atoms with Crippen LogP contribution in [-0.2, 0) is 0 Å². The van der Waals surface area contributed by atoms with Crippen LogP contribution >= 0.6 is 0 Å². The maximum atomic E-state index is 13.0. The maximum Gasteiger partial charge on any atom is 0.108 e. The van der Waals surface area contributed by atoms with Crippen molar-refractivity contribution in [3.8, 4) is 0 Å². The third kappa shape index (κ3) is 2.80. The van der Waals surface area contributed by atoms with Gasteiger partial charge in [-0.05, 0) is 37.5 Å². The van der Waals surface area contributed by atoms with Crippen molar-refractivity contribution < 1.29 is 4.39 Å². The van der Waals surface area contributed by atoms with Crippen molar-refractivity contribution in [3.05, 3.63) is 0 Å². The van der Waals surface area contributed by atoms with Crippen molar-refractivity contribution in [3.63, 3.8) is 0 Å². The summed E-state index contributed by atoms with van der Waals surface area (Å²) in [6.07, 6.45) is 2.74. The Balaban J connectivity index is 2.24. The van der Waals surface area contributed by atoms with Gasteiger partial charge in [0.15, 0.2) is 0 Å². The molecule has 0 aliphatic heterocycles. The smallest absolute Gasteiger partial charge is 0.108 e. The molecule has 0 aromatic rings. The monoisotopic (exact) mass is 158 g/mol. The van der Waals surface area contributed by atoms with Crippen LogP contribution in [0.1, 0.15) is 47.0 Å². The van der Waals surface area contributed by atoms with Gasteiger partial charge < -0.3 is 0 Å². The summed E-state index contributed by atoms with van der Waals surface area (Å²) in [4.78, 5) is 0. The largest absolute Gasteiger partial charge is 0.244 e. The van der Waals surface area contributed by atoms with E-state index < -0.39 is 5.67 Å². The molecule has 66 valence electrons. The van der Waals surface area contributed by atoms with Gasteiger partial charge in [0.25, 0.3) is 0 Å². The summed E-state index contributed by atoms with van der Waals surface area (Å²) in [5.74, 6) is 0.644. The summed E-state index contributed by atoms with van der Waals surface area (Å²) < 4.78 is 13.0. The average molecular weight is 158 g/mol. The highest BCUT2D eigenvalue weighted by Crippen LogP contribution is 2.45. The van der Waals surface area contributed by atoms with Gasteiger partial charge in [-0.1, -0.05) is 20.8 Å². The minimum absolute atomic E-state index is 0.376. The summed E-state index contributed by atoms with van der Waals surface area (Å²) in [6, 6.07) is 0. The van der Waals surface area contributed by atoms with Crippen molar-refractivity contribution >= 4 is 0 Å². The molecule has 0 aromatic carbocycles. The molecule has 1 rings (SSSR count). The van der Waals surface area contributed by atoms with Crippen molar-refractivity contribution in [1.82, 2.24) is 0 Å². The second kappa shape index (κ2) is 2.46. The highest BCUT2D eigenvalue weighted by Gasteiger charge is 2.41. The van der Waals surface area contributed by atoms with Crippen LogP contribution in [-0.4, -0.2) is 5.67 Å². The molecule has 0 unspecified atom stereocenters.